The molecule has 0 aromatic carbocycles. The van der Waals surface area contributed by atoms with Crippen LogP contribution in [0.1, 0.15) is 412 Å². The number of hydrogen-bond acceptors (Lipinski definition) is 6. The molecule has 0 saturated heterocycles. The highest BCUT2D eigenvalue weighted by atomic mass is 31.2. The van der Waals surface area contributed by atoms with Crippen LogP contribution in [0.25, 0.3) is 0 Å². The molecule has 3 unspecified atom stereocenters. The average molecular weight is 1340 g/mol. The van der Waals surface area contributed by atoms with Gasteiger partial charge >= 0.3 is 0 Å². The molecule has 2 N–H and O–H groups in total. The summed E-state index contributed by atoms with van der Waals surface area (Å²) in [6, 6.07) is -0.906. The van der Waals surface area contributed by atoms with Gasteiger partial charge in [-0.25, -0.2) is 0 Å². The Morgan fingerprint density at radius 1 is 0.383 bits per heavy atom. The zero-order valence-electron chi connectivity index (χ0n) is 63.4. The van der Waals surface area contributed by atoms with Crippen molar-refractivity contribution in [2.45, 2.75) is 424 Å². The van der Waals surface area contributed by atoms with E-state index in [1.807, 2.05) is 27.2 Å². The van der Waals surface area contributed by atoms with Crippen molar-refractivity contribution in [3.63, 3.8) is 0 Å². The SMILES string of the molecule is CC/C=C\C/C=C\C/C=C\C/C=C\CCCCCCCCCCCCCCCCCCCCCCCCCCCCCCC(=O)NC(COP(=O)([O-])OCC[N+](C)(C)C)C(O)/C=C/CC/C=C/CCCCCCCCCCCCCCCCCCCCCCCCCCC. The van der Waals surface area contributed by atoms with Gasteiger partial charge in [-0.1, -0.05) is 408 Å². The number of carbonyl (C=O) groups is 1. The molecule has 94 heavy (non-hydrogen) atoms. The van der Waals surface area contributed by atoms with Gasteiger partial charge in [0.1, 0.15) is 13.2 Å². The Morgan fingerprint density at radius 2 is 0.660 bits per heavy atom. The second kappa shape index (κ2) is 75.1. The summed E-state index contributed by atoms with van der Waals surface area (Å²) in [7, 11) is 1.26. The first-order valence-corrected chi connectivity index (χ1v) is 42.8. The average Bonchev–Trinajstić information content (AvgIpc) is 1.77. The summed E-state index contributed by atoms with van der Waals surface area (Å²) >= 11 is 0. The van der Waals surface area contributed by atoms with Gasteiger partial charge in [-0.2, -0.15) is 0 Å². The topological polar surface area (TPSA) is 108 Å². The normalized spacial score (nSPS) is 13.8. The molecule has 552 valence electrons. The summed E-state index contributed by atoms with van der Waals surface area (Å²) in [6.07, 6.45) is 107. The van der Waals surface area contributed by atoms with E-state index in [0.29, 0.717) is 17.4 Å². The second-order valence-electron chi connectivity index (χ2n) is 29.4. The smallest absolute Gasteiger partial charge is 0.268 e. The lowest BCUT2D eigenvalue weighted by atomic mass is 10.0. The van der Waals surface area contributed by atoms with E-state index in [4.69, 9.17) is 9.05 Å². The molecule has 1 amide bonds. The summed E-state index contributed by atoms with van der Waals surface area (Å²) < 4.78 is 23.5. The number of allylic oxidation sites excluding steroid dienone is 11. The molecule has 0 aliphatic carbocycles. The Morgan fingerprint density at radius 3 is 0.989 bits per heavy atom. The van der Waals surface area contributed by atoms with Crippen LogP contribution < -0.4 is 10.2 Å². The lowest BCUT2D eigenvalue weighted by molar-refractivity contribution is -0.870. The largest absolute Gasteiger partial charge is 0.756 e. The van der Waals surface area contributed by atoms with Crippen molar-refractivity contribution in [1.29, 1.82) is 0 Å². The molecule has 0 aliphatic rings. The predicted molar refractivity (Wildman–Crippen MR) is 413 cm³/mol. The van der Waals surface area contributed by atoms with Crippen LogP contribution in [-0.2, 0) is 18.4 Å². The van der Waals surface area contributed by atoms with E-state index in [2.05, 4.69) is 79.9 Å². The Labute approximate surface area is 586 Å². The number of hydrogen-bond donors (Lipinski definition) is 2. The lowest BCUT2D eigenvalue weighted by Crippen LogP contribution is -2.45. The zero-order valence-corrected chi connectivity index (χ0v) is 64.3. The molecular weight excluding hydrogens is 1180 g/mol. The van der Waals surface area contributed by atoms with Crippen LogP contribution >= 0.6 is 7.82 Å². The third kappa shape index (κ3) is 77.3. The summed E-state index contributed by atoms with van der Waals surface area (Å²) in [6.45, 7) is 4.58. The summed E-state index contributed by atoms with van der Waals surface area (Å²) in [5.74, 6) is -0.199. The highest BCUT2D eigenvalue weighted by molar-refractivity contribution is 7.45. The van der Waals surface area contributed by atoms with Crippen molar-refractivity contribution in [1.82, 2.24) is 5.32 Å². The fourth-order valence-electron chi connectivity index (χ4n) is 12.6. The van der Waals surface area contributed by atoms with Crippen LogP contribution in [-0.4, -0.2) is 68.5 Å². The number of quaternary nitrogens is 1. The van der Waals surface area contributed by atoms with Crippen molar-refractivity contribution < 1.29 is 32.9 Å². The first-order chi connectivity index (χ1) is 46.0. The third-order valence-corrected chi connectivity index (χ3v) is 19.9. The van der Waals surface area contributed by atoms with E-state index in [0.717, 1.165) is 64.2 Å². The number of likely N-dealkylation sites (N-methyl/N-ethyl adjacent to an activating group) is 1. The number of amides is 1. The molecule has 0 aliphatic heterocycles. The predicted octanol–water partition coefficient (Wildman–Crippen LogP) is 26.6. The fraction of sp³-hybridized carbons (Fsp3) is 0.847. The Hall–Kier alpha value is -2.06. The maximum atomic E-state index is 13.1. The molecule has 0 heterocycles. The zero-order chi connectivity index (χ0) is 68.3. The number of phosphoric ester groups is 1. The van der Waals surface area contributed by atoms with Crippen molar-refractivity contribution in [3.8, 4) is 0 Å². The van der Waals surface area contributed by atoms with E-state index < -0.39 is 20.0 Å². The van der Waals surface area contributed by atoms with Crippen LogP contribution in [0.2, 0.25) is 0 Å². The van der Waals surface area contributed by atoms with Crippen LogP contribution in [0.5, 0.6) is 0 Å². The minimum absolute atomic E-state index is 0.00531. The number of phosphoric acid groups is 1. The fourth-order valence-corrected chi connectivity index (χ4v) is 13.3. The van der Waals surface area contributed by atoms with Gasteiger partial charge in [0.05, 0.1) is 39.9 Å². The Kier molecular flexibility index (Phi) is 73.5. The molecule has 8 nitrogen and oxygen atoms in total. The molecule has 0 saturated carbocycles. The molecule has 0 spiro atoms. The quantitative estimate of drug-likeness (QED) is 0.0272. The number of rotatable bonds is 77. The number of carbonyl (C=O) groups excluding carboxylic acids is 1. The van der Waals surface area contributed by atoms with Crippen molar-refractivity contribution in [3.05, 3.63) is 72.9 Å². The van der Waals surface area contributed by atoms with E-state index in [9.17, 15) is 19.4 Å². The van der Waals surface area contributed by atoms with Crippen molar-refractivity contribution >= 4 is 13.7 Å². The maximum Gasteiger partial charge on any atom is 0.268 e. The number of nitrogens with one attached hydrogen (secondary N) is 1. The summed E-state index contributed by atoms with van der Waals surface area (Å²) in [4.78, 5) is 25.7. The maximum absolute atomic E-state index is 13.1. The number of unbranched alkanes of at least 4 members (excludes halogenated alkanes) is 54. The molecule has 0 radical (unpaired) electrons. The number of aliphatic hydroxyl groups is 1. The molecule has 0 bridgehead atoms. The van der Waals surface area contributed by atoms with Gasteiger partial charge in [0.15, 0.2) is 0 Å². The van der Waals surface area contributed by atoms with Crippen LogP contribution in [0.4, 0.5) is 0 Å². The van der Waals surface area contributed by atoms with Crippen molar-refractivity contribution in [2.75, 3.05) is 40.9 Å². The Bertz CT molecular complexity index is 1770. The van der Waals surface area contributed by atoms with Crippen LogP contribution in [0, 0.1) is 0 Å². The number of nitrogens with zero attached hydrogens (tertiary/aromatic N) is 1. The monoisotopic (exact) mass is 1340 g/mol. The molecule has 0 aromatic rings. The van der Waals surface area contributed by atoms with E-state index >= 15 is 0 Å². The van der Waals surface area contributed by atoms with Gasteiger partial charge in [-0.15, -0.1) is 0 Å². The molecule has 0 rings (SSSR count). The lowest BCUT2D eigenvalue weighted by Gasteiger charge is -2.29. The van der Waals surface area contributed by atoms with Gasteiger partial charge in [0.2, 0.25) is 5.91 Å². The van der Waals surface area contributed by atoms with Gasteiger partial charge in [0, 0.05) is 6.42 Å². The standard InChI is InChI=1S/C85H161N2O6P/c1-6-8-10-12-14-16-18-20-22-24-26-28-30-32-34-36-38-39-40-41-42-43-44-45-46-47-49-51-53-55-57-59-61-63-65-67-69-71-73-75-77-79-85(89)86-83(82-93-94(90,91)92-81-80-87(3,4)5)84(88)78-76-74-72-70-68-66-64-62-60-58-56-54-52-50-48-37-35-33-31-29-27-25-23-21-19-17-15-13-11-9-7-2/h8,10,14,16,20,22,26,28,68,70,76,78,83-84,88H,6-7,9,11-13,15,17-19,21,23-25,27,29-67,69,71-75,77,79-82H2,1-5H3,(H-,86,89,90,91)/b10-8-,16-14-,22-20-,28-26-,70-68+,78-76+. The number of aliphatic hydroxyl groups excluding tert-OH is 1. The van der Waals surface area contributed by atoms with Crippen LogP contribution in [0.15, 0.2) is 72.9 Å². The molecule has 0 fully saturated rings. The highest BCUT2D eigenvalue weighted by Gasteiger charge is 2.23. The summed E-state index contributed by atoms with van der Waals surface area (Å²) in [5.41, 5.74) is 0. The van der Waals surface area contributed by atoms with E-state index in [1.165, 1.54) is 327 Å². The van der Waals surface area contributed by atoms with E-state index in [-0.39, 0.29) is 19.1 Å². The minimum Gasteiger partial charge on any atom is -0.756 e. The molecule has 0 aromatic heterocycles. The van der Waals surface area contributed by atoms with Gasteiger partial charge in [0.25, 0.3) is 7.82 Å². The molecule has 3 atom stereocenters. The molecular formula is C85H161N2O6P. The summed E-state index contributed by atoms with van der Waals surface area (Å²) in [5, 5.41) is 14.0. The minimum atomic E-state index is -4.62. The van der Waals surface area contributed by atoms with Crippen LogP contribution in [0.3, 0.4) is 0 Å². The first-order valence-electron chi connectivity index (χ1n) is 41.3. The van der Waals surface area contributed by atoms with Crippen molar-refractivity contribution in [2.24, 2.45) is 0 Å². The Balaban J connectivity index is 3.93. The van der Waals surface area contributed by atoms with Gasteiger partial charge in [-0.3, -0.25) is 9.36 Å². The van der Waals surface area contributed by atoms with Gasteiger partial charge < -0.3 is 28.8 Å². The van der Waals surface area contributed by atoms with Gasteiger partial charge in [-0.05, 0) is 70.6 Å². The second-order valence-corrected chi connectivity index (χ2v) is 30.9. The molecule has 9 heteroatoms. The third-order valence-electron chi connectivity index (χ3n) is 18.9. The first kappa shape index (κ1) is 91.9. The van der Waals surface area contributed by atoms with E-state index in [1.54, 1.807) is 6.08 Å². The highest BCUT2D eigenvalue weighted by Crippen LogP contribution is 2.38.